The van der Waals surface area contributed by atoms with Crippen LogP contribution in [0.4, 0.5) is 18.9 Å². The summed E-state index contributed by atoms with van der Waals surface area (Å²) in [6, 6.07) is 7.36. The van der Waals surface area contributed by atoms with Crippen molar-refractivity contribution in [1.29, 1.82) is 0 Å². The Bertz CT molecular complexity index is 413. The van der Waals surface area contributed by atoms with Crippen molar-refractivity contribution in [3.8, 4) is 5.75 Å². The largest absolute Gasteiger partial charge is 0.495 e. The number of para-hydroxylation sites is 2. The van der Waals surface area contributed by atoms with E-state index in [9.17, 15) is 13.2 Å². The number of alkyl halides is 3. The number of hydrogen-bond donors (Lipinski definition) is 1. The predicted molar refractivity (Wildman–Crippen MR) is 75.8 cm³/mol. The monoisotopic (exact) mass is 306 g/mol. The van der Waals surface area contributed by atoms with Crippen molar-refractivity contribution in [2.24, 2.45) is 5.73 Å². The normalized spacial score (nSPS) is 11.5. The number of rotatable bonds is 9. The molecule has 4 nitrogen and oxygen atoms in total. The fourth-order valence-corrected chi connectivity index (χ4v) is 1.89. The van der Waals surface area contributed by atoms with Crippen molar-refractivity contribution in [2.75, 3.05) is 44.9 Å². The van der Waals surface area contributed by atoms with Crippen molar-refractivity contribution < 1.29 is 22.6 Å². The summed E-state index contributed by atoms with van der Waals surface area (Å²) in [5.74, 6) is 0.672. The number of methoxy groups -OCH3 is 1. The van der Waals surface area contributed by atoms with Crippen LogP contribution in [-0.2, 0) is 4.74 Å². The van der Waals surface area contributed by atoms with Crippen LogP contribution < -0.4 is 15.4 Å². The molecule has 0 unspecified atom stereocenters. The molecule has 7 heteroatoms. The number of ether oxygens (including phenoxy) is 2. The molecule has 120 valence electrons. The summed E-state index contributed by atoms with van der Waals surface area (Å²) < 4.78 is 46.1. The van der Waals surface area contributed by atoms with Crippen LogP contribution in [0.15, 0.2) is 24.3 Å². The van der Waals surface area contributed by atoms with Crippen molar-refractivity contribution in [3.63, 3.8) is 0 Å². The summed E-state index contributed by atoms with van der Waals surface area (Å²) in [6.07, 6.45) is -3.57. The lowest BCUT2D eigenvalue weighted by Crippen LogP contribution is -2.31. The Balaban J connectivity index is 2.63. The molecule has 21 heavy (non-hydrogen) atoms. The van der Waals surface area contributed by atoms with Gasteiger partial charge in [0.2, 0.25) is 0 Å². The van der Waals surface area contributed by atoms with Crippen LogP contribution in [0.25, 0.3) is 0 Å². The second-order valence-corrected chi connectivity index (χ2v) is 4.47. The highest BCUT2D eigenvalue weighted by molar-refractivity contribution is 5.58. The number of nitrogens with two attached hydrogens (primary N) is 1. The van der Waals surface area contributed by atoms with Crippen LogP contribution in [0.3, 0.4) is 0 Å². The van der Waals surface area contributed by atoms with E-state index in [0.717, 1.165) is 12.1 Å². The highest BCUT2D eigenvalue weighted by Gasteiger charge is 2.27. The van der Waals surface area contributed by atoms with Gasteiger partial charge in [0.25, 0.3) is 0 Å². The molecule has 0 bridgehead atoms. The third-order valence-electron chi connectivity index (χ3n) is 2.83. The molecule has 1 aromatic carbocycles. The molecule has 1 rings (SSSR count). The zero-order valence-electron chi connectivity index (χ0n) is 12.0. The van der Waals surface area contributed by atoms with Crippen LogP contribution in [-0.4, -0.2) is 46.1 Å². The number of anilines is 1. The first-order valence-corrected chi connectivity index (χ1v) is 6.70. The SMILES string of the molecule is COc1ccccc1N(CCCN)CCOCC(F)(F)F. The lowest BCUT2D eigenvalue weighted by molar-refractivity contribution is -0.173. The Morgan fingerprint density at radius 3 is 2.52 bits per heavy atom. The quantitative estimate of drug-likeness (QED) is 0.712. The zero-order valence-corrected chi connectivity index (χ0v) is 12.0. The topological polar surface area (TPSA) is 47.7 Å². The Morgan fingerprint density at radius 2 is 1.90 bits per heavy atom. The maximum absolute atomic E-state index is 12.0. The van der Waals surface area contributed by atoms with Crippen LogP contribution in [0.2, 0.25) is 0 Å². The first-order valence-electron chi connectivity index (χ1n) is 6.70. The first-order chi connectivity index (χ1) is 9.98. The van der Waals surface area contributed by atoms with Gasteiger partial charge < -0.3 is 20.1 Å². The van der Waals surface area contributed by atoms with Crippen molar-refractivity contribution >= 4 is 5.69 Å². The minimum Gasteiger partial charge on any atom is -0.495 e. The molecule has 2 N–H and O–H groups in total. The Labute approximate surface area is 122 Å². The minimum atomic E-state index is -4.30. The highest BCUT2D eigenvalue weighted by Crippen LogP contribution is 2.27. The molecule has 0 aliphatic heterocycles. The Morgan fingerprint density at radius 1 is 1.19 bits per heavy atom. The van der Waals surface area contributed by atoms with Crippen LogP contribution in [0, 0.1) is 0 Å². The van der Waals surface area contributed by atoms with Gasteiger partial charge in [-0.1, -0.05) is 12.1 Å². The van der Waals surface area contributed by atoms with Crippen molar-refractivity contribution in [3.05, 3.63) is 24.3 Å². The highest BCUT2D eigenvalue weighted by atomic mass is 19.4. The molecule has 0 heterocycles. The number of nitrogens with zero attached hydrogens (tertiary/aromatic N) is 1. The molecule has 0 amide bonds. The third kappa shape index (κ3) is 6.68. The lowest BCUT2D eigenvalue weighted by atomic mass is 10.2. The standard InChI is InChI=1S/C14H21F3N2O2/c1-20-13-6-3-2-5-12(13)19(8-4-7-18)9-10-21-11-14(15,16)17/h2-3,5-6H,4,7-11,18H2,1H3. The van der Waals surface area contributed by atoms with Gasteiger partial charge in [0.05, 0.1) is 19.4 Å². The van der Waals surface area contributed by atoms with E-state index in [1.807, 2.05) is 23.1 Å². The van der Waals surface area contributed by atoms with Crippen LogP contribution >= 0.6 is 0 Å². The van der Waals surface area contributed by atoms with Crippen LogP contribution in [0.1, 0.15) is 6.42 Å². The van der Waals surface area contributed by atoms with Gasteiger partial charge in [-0.15, -0.1) is 0 Å². The number of halogens is 3. The minimum absolute atomic E-state index is 0.0118. The van der Waals surface area contributed by atoms with E-state index < -0.39 is 12.8 Å². The summed E-state index contributed by atoms with van der Waals surface area (Å²) in [4.78, 5) is 1.92. The summed E-state index contributed by atoms with van der Waals surface area (Å²) >= 11 is 0. The maximum Gasteiger partial charge on any atom is 0.411 e. The Kier molecular flexibility index (Phi) is 7.31. The van der Waals surface area contributed by atoms with Crippen molar-refractivity contribution in [2.45, 2.75) is 12.6 Å². The second kappa shape index (κ2) is 8.74. The van der Waals surface area contributed by atoms with Gasteiger partial charge in [-0.2, -0.15) is 13.2 Å². The summed E-state index contributed by atoms with van der Waals surface area (Å²) in [6.45, 7) is 0.240. The van der Waals surface area contributed by atoms with Crippen molar-refractivity contribution in [1.82, 2.24) is 0 Å². The molecule has 0 spiro atoms. The van der Waals surface area contributed by atoms with Gasteiger partial charge in [-0.25, -0.2) is 0 Å². The number of benzene rings is 1. The van der Waals surface area contributed by atoms with Crippen LogP contribution in [0.5, 0.6) is 5.75 Å². The fraction of sp³-hybridized carbons (Fsp3) is 0.571. The lowest BCUT2D eigenvalue weighted by Gasteiger charge is -2.26. The van der Waals surface area contributed by atoms with E-state index in [-0.39, 0.29) is 6.61 Å². The van der Waals surface area contributed by atoms with Gasteiger partial charge in [0.15, 0.2) is 0 Å². The van der Waals surface area contributed by atoms with Gasteiger partial charge in [0.1, 0.15) is 12.4 Å². The number of hydrogen-bond acceptors (Lipinski definition) is 4. The molecular weight excluding hydrogens is 285 g/mol. The molecule has 0 aliphatic rings. The predicted octanol–water partition coefficient (Wildman–Crippen LogP) is 2.43. The van der Waals surface area contributed by atoms with E-state index in [4.69, 9.17) is 10.5 Å². The van der Waals surface area contributed by atoms with Gasteiger partial charge in [-0.3, -0.25) is 0 Å². The molecule has 0 aliphatic carbocycles. The molecular formula is C14H21F3N2O2. The summed E-state index contributed by atoms with van der Waals surface area (Å²) in [5.41, 5.74) is 6.32. The fourth-order valence-electron chi connectivity index (χ4n) is 1.89. The Hall–Kier alpha value is -1.47. The molecule has 1 aromatic rings. The zero-order chi connectivity index (χ0) is 15.7. The maximum atomic E-state index is 12.0. The van der Waals surface area contributed by atoms with E-state index in [1.54, 1.807) is 13.2 Å². The average molecular weight is 306 g/mol. The molecule has 0 saturated heterocycles. The second-order valence-electron chi connectivity index (χ2n) is 4.47. The smallest absolute Gasteiger partial charge is 0.411 e. The van der Waals surface area contributed by atoms with E-state index in [1.165, 1.54) is 0 Å². The average Bonchev–Trinajstić information content (AvgIpc) is 2.45. The molecule has 0 saturated carbocycles. The van der Waals surface area contributed by atoms with Gasteiger partial charge in [0, 0.05) is 13.1 Å². The summed E-state index contributed by atoms with van der Waals surface area (Å²) in [5, 5.41) is 0. The first kappa shape index (κ1) is 17.6. The summed E-state index contributed by atoms with van der Waals surface area (Å²) in [7, 11) is 1.56. The van der Waals surface area contributed by atoms with E-state index in [2.05, 4.69) is 4.74 Å². The van der Waals surface area contributed by atoms with Gasteiger partial charge >= 0.3 is 6.18 Å². The molecule has 0 fully saturated rings. The molecule has 0 atom stereocenters. The van der Waals surface area contributed by atoms with E-state index in [0.29, 0.717) is 25.4 Å². The van der Waals surface area contributed by atoms with Gasteiger partial charge in [-0.05, 0) is 25.1 Å². The third-order valence-corrected chi connectivity index (χ3v) is 2.83. The molecule has 0 aromatic heterocycles. The molecule has 0 radical (unpaired) electrons. The van der Waals surface area contributed by atoms with E-state index >= 15 is 0 Å².